The van der Waals surface area contributed by atoms with E-state index >= 15 is 0 Å². The van der Waals surface area contributed by atoms with Gasteiger partial charge in [-0.2, -0.15) is 5.10 Å². The standard InChI is InChI=1S/C23H25FN4O4/c1-3-31-23(30)18-15-25-28(17-9-5-4-6-10-17)22(18)26-21(29)16-27(2)13-14-32-20-12-8-7-11-19(20)24/h4-12,15H,3,13-14,16H2,1-2H3,(H,26,29). The maximum absolute atomic E-state index is 13.6. The van der Waals surface area contributed by atoms with Gasteiger partial charge in [0.1, 0.15) is 12.2 Å². The van der Waals surface area contributed by atoms with E-state index < -0.39 is 11.8 Å². The minimum Gasteiger partial charge on any atom is -0.489 e. The summed E-state index contributed by atoms with van der Waals surface area (Å²) in [5, 5.41) is 7.01. The largest absolute Gasteiger partial charge is 0.489 e. The summed E-state index contributed by atoms with van der Waals surface area (Å²) < 4.78 is 25.6. The quantitative estimate of drug-likeness (QED) is 0.488. The molecule has 1 heterocycles. The predicted octanol–water partition coefficient (Wildman–Crippen LogP) is 3.14. The topological polar surface area (TPSA) is 85.7 Å². The number of likely N-dealkylation sites (N-methyl/N-ethyl adjacent to an activating group) is 1. The molecule has 0 atom stereocenters. The number of carbonyl (C=O) groups is 2. The van der Waals surface area contributed by atoms with E-state index in [-0.39, 0.29) is 42.8 Å². The number of benzene rings is 2. The lowest BCUT2D eigenvalue weighted by molar-refractivity contribution is -0.117. The summed E-state index contributed by atoms with van der Waals surface area (Å²) in [4.78, 5) is 26.7. The number of ether oxygens (including phenoxy) is 2. The highest BCUT2D eigenvalue weighted by Crippen LogP contribution is 2.21. The predicted molar refractivity (Wildman–Crippen MR) is 118 cm³/mol. The number of amides is 1. The van der Waals surface area contributed by atoms with Crippen LogP contribution in [0.4, 0.5) is 10.2 Å². The third-order valence-corrected chi connectivity index (χ3v) is 4.50. The van der Waals surface area contributed by atoms with Crippen molar-refractivity contribution in [3.63, 3.8) is 0 Å². The average molecular weight is 440 g/mol. The maximum atomic E-state index is 13.6. The van der Waals surface area contributed by atoms with Crippen molar-refractivity contribution in [3.8, 4) is 11.4 Å². The summed E-state index contributed by atoms with van der Waals surface area (Å²) in [6, 6.07) is 15.3. The second-order valence-electron chi connectivity index (χ2n) is 6.94. The van der Waals surface area contributed by atoms with Gasteiger partial charge in [-0.15, -0.1) is 0 Å². The van der Waals surface area contributed by atoms with Gasteiger partial charge >= 0.3 is 5.97 Å². The normalized spacial score (nSPS) is 10.8. The van der Waals surface area contributed by atoms with Crippen molar-refractivity contribution in [1.82, 2.24) is 14.7 Å². The molecule has 1 amide bonds. The Labute approximate surface area is 185 Å². The fourth-order valence-corrected chi connectivity index (χ4v) is 2.96. The third-order valence-electron chi connectivity index (χ3n) is 4.50. The first-order chi connectivity index (χ1) is 15.5. The number of nitrogens with one attached hydrogen (secondary N) is 1. The molecule has 0 radical (unpaired) electrons. The van der Waals surface area contributed by atoms with Crippen molar-refractivity contribution in [2.24, 2.45) is 0 Å². The first-order valence-electron chi connectivity index (χ1n) is 10.2. The molecule has 9 heteroatoms. The molecule has 0 fully saturated rings. The SMILES string of the molecule is CCOC(=O)c1cnn(-c2ccccc2)c1NC(=O)CN(C)CCOc1ccccc1F. The summed E-state index contributed by atoms with van der Waals surface area (Å²) in [6.45, 7) is 2.54. The number of hydrogen-bond donors (Lipinski definition) is 1. The Kier molecular flexibility index (Phi) is 7.93. The number of carbonyl (C=O) groups excluding carboxylic acids is 2. The Morgan fingerprint density at radius 1 is 1.12 bits per heavy atom. The zero-order valence-electron chi connectivity index (χ0n) is 18.0. The minimum atomic E-state index is -0.573. The van der Waals surface area contributed by atoms with Crippen LogP contribution in [0.1, 0.15) is 17.3 Å². The third kappa shape index (κ3) is 5.92. The van der Waals surface area contributed by atoms with E-state index in [9.17, 15) is 14.0 Å². The van der Waals surface area contributed by atoms with Gasteiger partial charge in [0.25, 0.3) is 0 Å². The Hall–Kier alpha value is -3.72. The molecular formula is C23H25FN4O4. The maximum Gasteiger partial charge on any atom is 0.343 e. The summed E-state index contributed by atoms with van der Waals surface area (Å²) in [7, 11) is 1.74. The van der Waals surface area contributed by atoms with Crippen LogP contribution in [-0.2, 0) is 9.53 Å². The number of anilines is 1. The molecule has 1 N–H and O–H groups in total. The molecule has 0 aliphatic rings. The number of nitrogens with zero attached hydrogens (tertiary/aromatic N) is 3. The monoisotopic (exact) mass is 440 g/mol. The van der Waals surface area contributed by atoms with Crippen LogP contribution >= 0.6 is 0 Å². The molecule has 2 aromatic carbocycles. The van der Waals surface area contributed by atoms with Crippen molar-refractivity contribution >= 4 is 17.7 Å². The number of hydrogen-bond acceptors (Lipinski definition) is 6. The number of esters is 1. The Morgan fingerprint density at radius 2 is 1.84 bits per heavy atom. The summed E-state index contributed by atoms with van der Waals surface area (Å²) in [6.07, 6.45) is 1.37. The van der Waals surface area contributed by atoms with Gasteiger partial charge in [-0.3, -0.25) is 9.69 Å². The lowest BCUT2D eigenvalue weighted by Crippen LogP contribution is -2.33. The summed E-state index contributed by atoms with van der Waals surface area (Å²) in [5.41, 5.74) is 0.847. The first-order valence-corrected chi connectivity index (χ1v) is 10.2. The smallest absolute Gasteiger partial charge is 0.343 e. The van der Waals surface area contributed by atoms with Crippen LogP contribution in [0, 0.1) is 5.82 Å². The van der Waals surface area contributed by atoms with Gasteiger partial charge in [-0.1, -0.05) is 30.3 Å². The van der Waals surface area contributed by atoms with Crippen LogP contribution in [0.5, 0.6) is 5.75 Å². The summed E-state index contributed by atoms with van der Waals surface area (Å²) >= 11 is 0. The molecule has 1 aromatic heterocycles. The Bertz CT molecular complexity index is 1060. The molecule has 3 aromatic rings. The number of halogens is 1. The summed E-state index contributed by atoms with van der Waals surface area (Å²) in [5.74, 6) is -0.960. The van der Waals surface area contributed by atoms with E-state index in [1.54, 1.807) is 37.1 Å². The van der Waals surface area contributed by atoms with Gasteiger partial charge in [0, 0.05) is 6.54 Å². The highest BCUT2D eigenvalue weighted by molar-refractivity contribution is 6.01. The van der Waals surface area contributed by atoms with Crippen LogP contribution in [0.15, 0.2) is 60.8 Å². The van der Waals surface area contributed by atoms with E-state index in [4.69, 9.17) is 9.47 Å². The average Bonchev–Trinajstić information content (AvgIpc) is 3.19. The number of aromatic nitrogens is 2. The fraction of sp³-hybridized carbons (Fsp3) is 0.261. The molecule has 0 unspecified atom stereocenters. The Morgan fingerprint density at radius 3 is 2.56 bits per heavy atom. The molecule has 0 saturated carbocycles. The molecule has 0 bridgehead atoms. The second-order valence-corrected chi connectivity index (χ2v) is 6.94. The van der Waals surface area contributed by atoms with Gasteiger partial charge in [-0.05, 0) is 38.2 Å². The molecule has 8 nitrogen and oxygen atoms in total. The molecular weight excluding hydrogens is 415 g/mol. The van der Waals surface area contributed by atoms with Crippen LogP contribution in [-0.4, -0.2) is 59.9 Å². The molecule has 168 valence electrons. The van der Waals surface area contributed by atoms with E-state index in [0.717, 1.165) is 0 Å². The van der Waals surface area contributed by atoms with Gasteiger partial charge in [0.2, 0.25) is 5.91 Å². The van der Waals surface area contributed by atoms with Gasteiger partial charge in [0.05, 0.1) is 25.0 Å². The first kappa shape index (κ1) is 23.0. The molecule has 32 heavy (non-hydrogen) atoms. The lowest BCUT2D eigenvalue weighted by Gasteiger charge is -2.17. The van der Waals surface area contributed by atoms with Crippen LogP contribution in [0.3, 0.4) is 0 Å². The van der Waals surface area contributed by atoms with Crippen LogP contribution < -0.4 is 10.1 Å². The van der Waals surface area contributed by atoms with E-state index in [1.165, 1.54) is 16.9 Å². The van der Waals surface area contributed by atoms with Crippen LogP contribution in [0.25, 0.3) is 5.69 Å². The molecule has 0 aliphatic carbocycles. The van der Waals surface area contributed by atoms with Gasteiger partial charge < -0.3 is 14.8 Å². The second kappa shape index (κ2) is 11.1. The van der Waals surface area contributed by atoms with E-state index in [0.29, 0.717) is 12.2 Å². The van der Waals surface area contributed by atoms with Crippen molar-refractivity contribution < 1.29 is 23.5 Å². The lowest BCUT2D eigenvalue weighted by atomic mass is 10.3. The number of rotatable bonds is 10. The van der Waals surface area contributed by atoms with E-state index in [2.05, 4.69) is 10.4 Å². The minimum absolute atomic E-state index is 0.0306. The molecule has 0 spiro atoms. The van der Waals surface area contributed by atoms with Gasteiger partial charge in [0.15, 0.2) is 17.4 Å². The fourth-order valence-electron chi connectivity index (χ4n) is 2.96. The van der Waals surface area contributed by atoms with Crippen molar-refractivity contribution in [3.05, 3.63) is 72.2 Å². The highest BCUT2D eigenvalue weighted by atomic mass is 19.1. The molecule has 0 saturated heterocycles. The zero-order valence-corrected chi connectivity index (χ0v) is 18.0. The van der Waals surface area contributed by atoms with Crippen LogP contribution in [0.2, 0.25) is 0 Å². The van der Waals surface area contributed by atoms with Gasteiger partial charge in [-0.25, -0.2) is 13.9 Å². The highest BCUT2D eigenvalue weighted by Gasteiger charge is 2.22. The van der Waals surface area contributed by atoms with Crippen molar-refractivity contribution in [2.45, 2.75) is 6.92 Å². The Balaban J connectivity index is 1.64. The zero-order chi connectivity index (χ0) is 22.9. The molecule has 3 rings (SSSR count). The number of para-hydroxylation sites is 2. The van der Waals surface area contributed by atoms with Crippen molar-refractivity contribution in [1.29, 1.82) is 0 Å². The van der Waals surface area contributed by atoms with Crippen molar-refractivity contribution in [2.75, 3.05) is 38.7 Å². The van der Waals surface area contributed by atoms with E-state index in [1.807, 2.05) is 30.3 Å². The molecule has 0 aliphatic heterocycles.